The Morgan fingerprint density at radius 2 is 1.76 bits per heavy atom. The normalized spacial score (nSPS) is 16.3. The Morgan fingerprint density at radius 1 is 1.19 bits per heavy atom. The van der Waals surface area contributed by atoms with Crippen molar-refractivity contribution in [3.63, 3.8) is 0 Å². The number of halogens is 3. The van der Waals surface area contributed by atoms with Gasteiger partial charge in [0.1, 0.15) is 5.75 Å². The molecule has 0 spiro atoms. The molecule has 1 saturated heterocycles. The standard InChI is InChI=1S/C13H16Br2ClNO3S/c14-11-8-10(21(16,18)19)9-12(15)13(11)20-7-3-6-17-4-1-2-5-17/h8-9H,1-7H2. The first-order chi connectivity index (χ1) is 9.88. The predicted molar refractivity (Wildman–Crippen MR) is 90.7 cm³/mol. The Bertz CT molecular complexity index is 580. The quantitative estimate of drug-likeness (QED) is 0.475. The molecule has 0 N–H and O–H groups in total. The second-order valence-electron chi connectivity index (χ2n) is 4.90. The topological polar surface area (TPSA) is 46.6 Å². The zero-order valence-electron chi connectivity index (χ0n) is 11.3. The average molecular weight is 462 g/mol. The highest BCUT2D eigenvalue weighted by atomic mass is 79.9. The van der Waals surface area contributed by atoms with Gasteiger partial charge in [0.15, 0.2) is 0 Å². The van der Waals surface area contributed by atoms with Gasteiger partial charge in [-0.25, -0.2) is 8.42 Å². The van der Waals surface area contributed by atoms with Gasteiger partial charge in [-0.1, -0.05) is 0 Å². The van der Waals surface area contributed by atoms with E-state index in [2.05, 4.69) is 36.8 Å². The summed E-state index contributed by atoms with van der Waals surface area (Å²) in [5.41, 5.74) is 0. The molecule has 0 bridgehead atoms. The smallest absolute Gasteiger partial charge is 0.261 e. The fourth-order valence-corrected chi connectivity index (χ4v) is 4.79. The van der Waals surface area contributed by atoms with E-state index < -0.39 is 9.05 Å². The van der Waals surface area contributed by atoms with Crippen LogP contribution in [0.1, 0.15) is 19.3 Å². The monoisotopic (exact) mass is 459 g/mol. The first-order valence-electron chi connectivity index (χ1n) is 6.67. The van der Waals surface area contributed by atoms with Crippen LogP contribution in [0.5, 0.6) is 5.75 Å². The molecule has 1 aliphatic rings. The van der Waals surface area contributed by atoms with E-state index in [1.807, 2.05) is 0 Å². The Labute approximate surface area is 146 Å². The van der Waals surface area contributed by atoms with Crippen LogP contribution in [0.2, 0.25) is 0 Å². The van der Waals surface area contributed by atoms with Crippen molar-refractivity contribution in [1.82, 2.24) is 4.90 Å². The molecule has 0 atom stereocenters. The van der Waals surface area contributed by atoms with Crippen molar-refractivity contribution in [2.75, 3.05) is 26.2 Å². The number of likely N-dealkylation sites (tertiary alicyclic amines) is 1. The molecule has 1 aromatic rings. The maximum Gasteiger partial charge on any atom is 0.261 e. The van der Waals surface area contributed by atoms with Gasteiger partial charge in [0.25, 0.3) is 9.05 Å². The number of nitrogens with zero attached hydrogens (tertiary/aromatic N) is 1. The van der Waals surface area contributed by atoms with Crippen molar-refractivity contribution in [2.24, 2.45) is 0 Å². The van der Waals surface area contributed by atoms with Gasteiger partial charge in [-0.05, 0) is 76.3 Å². The molecule has 0 radical (unpaired) electrons. The van der Waals surface area contributed by atoms with Crippen LogP contribution in [-0.4, -0.2) is 39.6 Å². The molecule has 2 rings (SSSR count). The van der Waals surface area contributed by atoms with Crippen LogP contribution < -0.4 is 4.74 Å². The summed E-state index contributed by atoms with van der Waals surface area (Å²) in [7, 11) is 1.59. The van der Waals surface area contributed by atoms with Gasteiger partial charge in [-0.2, -0.15) is 0 Å². The fourth-order valence-electron chi connectivity index (χ4n) is 2.28. The van der Waals surface area contributed by atoms with Crippen LogP contribution in [0.4, 0.5) is 0 Å². The van der Waals surface area contributed by atoms with Gasteiger partial charge in [-0.15, -0.1) is 0 Å². The molecule has 0 aromatic heterocycles. The van der Waals surface area contributed by atoms with Crippen molar-refractivity contribution in [1.29, 1.82) is 0 Å². The Hall–Kier alpha value is 0.180. The van der Waals surface area contributed by atoms with Crippen molar-refractivity contribution in [3.05, 3.63) is 21.1 Å². The molecule has 118 valence electrons. The Morgan fingerprint density at radius 3 is 2.29 bits per heavy atom. The summed E-state index contributed by atoms with van der Waals surface area (Å²) in [5, 5.41) is 0. The first-order valence-corrected chi connectivity index (χ1v) is 10.6. The van der Waals surface area contributed by atoms with E-state index in [1.165, 1.54) is 38.1 Å². The van der Waals surface area contributed by atoms with Gasteiger partial charge in [0, 0.05) is 17.2 Å². The zero-order valence-corrected chi connectivity index (χ0v) is 16.1. The Balaban J connectivity index is 1.93. The SMILES string of the molecule is O=S(=O)(Cl)c1cc(Br)c(OCCCN2CCCC2)c(Br)c1. The number of hydrogen-bond donors (Lipinski definition) is 0. The van der Waals surface area contributed by atoms with Crippen molar-refractivity contribution >= 4 is 51.6 Å². The minimum atomic E-state index is -3.75. The lowest BCUT2D eigenvalue weighted by Gasteiger charge is -2.15. The third kappa shape index (κ3) is 5.10. The van der Waals surface area contributed by atoms with Gasteiger partial charge in [0.2, 0.25) is 0 Å². The number of benzene rings is 1. The van der Waals surface area contributed by atoms with E-state index in [4.69, 9.17) is 15.4 Å². The van der Waals surface area contributed by atoms with Crippen molar-refractivity contribution in [2.45, 2.75) is 24.2 Å². The molecule has 0 aliphatic carbocycles. The summed E-state index contributed by atoms with van der Waals surface area (Å²) in [6.07, 6.45) is 3.51. The molecular weight excluding hydrogens is 445 g/mol. The maximum atomic E-state index is 11.3. The van der Waals surface area contributed by atoms with Gasteiger partial charge in [0.05, 0.1) is 20.4 Å². The molecule has 1 aliphatic heterocycles. The third-order valence-electron chi connectivity index (χ3n) is 3.32. The highest BCUT2D eigenvalue weighted by Crippen LogP contribution is 2.36. The number of rotatable bonds is 6. The molecule has 1 fully saturated rings. The van der Waals surface area contributed by atoms with Crippen molar-refractivity contribution < 1.29 is 13.2 Å². The molecule has 0 amide bonds. The van der Waals surface area contributed by atoms with Crippen molar-refractivity contribution in [3.8, 4) is 5.75 Å². The van der Waals surface area contributed by atoms with Crippen LogP contribution in [0.15, 0.2) is 26.0 Å². The molecular formula is C13H16Br2ClNO3S. The first kappa shape index (κ1) is 17.5. The predicted octanol–water partition coefficient (Wildman–Crippen LogP) is 4.00. The van der Waals surface area contributed by atoms with Gasteiger partial charge < -0.3 is 9.64 Å². The molecule has 21 heavy (non-hydrogen) atoms. The van der Waals surface area contributed by atoms with E-state index in [1.54, 1.807) is 0 Å². The summed E-state index contributed by atoms with van der Waals surface area (Å²) in [6, 6.07) is 2.89. The minimum absolute atomic E-state index is 0.0346. The summed E-state index contributed by atoms with van der Waals surface area (Å²) in [4.78, 5) is 2.46. The largest absolute Gasteiger partial charge is 0.491 e. The lowest BCUT2D eigenvalue weighted by Crippen LogP contribution is -2.22. The number of hydrogen-bond acceptors (Lipinski definition) is 4. The van der Waals surface area contributed by atoms with Crippen LogP contribution >= 0.6 is 42.5 Å². The molecule has 8 heteroatoms. The van der Waals surface area contributed by atoms with Crippen LogP contribution in [0, 0.1) is 0 Å². The number of ether oxygens (including phenoxy) is 1. The molecule has 1 aromatic carbocycles. The van der Waals surface area contributed by atoms with E-state index in [0.717, 1.165) is 13.0 Å². The van der Waals surface area contributed by atoms with Crippen LogP contribution in [0.3, 0.4) is 0 Å². The summed E-state index contributed by atoms with van der Waals surface area (Å²) in [5.74, 6) is 0.598. The summed E-state index contributed by atoms with van der Waals surface area (Å²) < 4.78 is 29.5. The molecule has 0 saturated carbocycles. The Kier molecular flexibility index (Phi) is 6.38. The molecule has 0 unspecified atom stereocenters. The fraction of sp³-hybridized carbons (Fsp3) is 0.538. The van der Waals surface area contributed by atoms with E-state index >= 15 is 0 Å². The minimum Gasteiger partial charge on any atom is -0.491 e. The van der Waals surface area contributed by atoms with E-state index in [9.17, 15) is 8.42 Å². The maximum absolute atomic E-state index is 11.3. The summed E-state index contributed by atoms with van der Waals surface area (Å²) >= 11 is 6.64. The second kappa shape index (κ2) is 7.64. The second-order valence-corrected chi connectivity index (χ2v) is 9.18. The summed E-state index contributed by atoms with van der Waals surface area (Å²) in [6.45, 7) is 3.97. The lowest BCUT2D eigenvalue weighted by atomic mass is 10.3. The van der Waals surface area contributed by atoms with E-state index in [-0.39, 0.29) is 4.90 Å². The third-order valence-corrected chi connectivity index (χ3v) is 5.83. The van der Waals surface area contributed by atoms with Gasteiger partial charge >= 0.3 is 0 Å². The highest BCUT2D eigenvalue weighted by Gasteiger charge is 2.17. The zero-order chi connectivity index (χ0) is 15.5. The lowest BCUT2D eigenvalue weighted by molar-refractivity contribution is 0.261. The average Bonchev–Trinajstić information content (AvgIpc) is 2.88. The van der Waals surface area contributed by atoms with Gasteiger partial charge in [-0.3, -0.25) is 0 Å². The molecule has 4 nitrogen and oxygen atoms in total. The van der Waals surface area contributed by atoms with Crippen LogP contribution in [0.25, 0.3) is 0 Å². The van der Waals surface area contributed by atoms with E-state index in [0.29, 0.717) is 21.3 Å². The highest BCUT2D eigenvalue weighted by molar-refractivity contribution is 9.11. The van der Waals surface area contributed by atoms with Crippen LogP contribution in [-0.2, 0) is 9.05 Å². The molecule has 1 heterocycles.